The molecular weight excluding hydrogens is 408 g/mol. The number of rotatable bonds is 8. The molecule has 3 aliphatic carbocycles. The topological polar surface area (TPSA) is 116 Å². The second-order valence-corrected chi connectivity index (χ2v) is 9.79. The number of hydrogen-bond donors (Lipinski definition) is 4. The van der Waals surface area contributed by atoms with Crippen molar-refractivity contribution in [2.45, 2.75) is 102 Å². The van der Waals surface area contributed by atoms with Crippen LogP contribution in [-0.2, 0) is 19.2 Å². The maximum Gasteiger partial charge on any atom is 0.239 e. The molecule has 0 aromatic heterocycles. The summed E-state index contributed by atoms with van der Waals surface area (Å²) in [5.41, 5.74) is 0. The highest BCUT2D eigenvalue weighted by Gasteiger charge is 2.30. The number of nitrogens with one attached hydrogen (secondary N) is 4. The lowest BCUT2D eigenvalue weighted by Crippen LogP contribution is -2.45. The predicted molar refractivity (Wildman–Crippen MR) is 121 cm³/mol. The largest absolute Gasteiger partial charge is 0.352 e. The van der Waals surface area contributed by atoms with Crippen LogP contribution in [0.1, 0.15) is 89.9 Å². The fourth-order valence-corrected chi connectivity index (χ4v) is 5.29. The van der Waals surface area contributed by atoms with Crippen LogP contribution < -0.4 is 21.3 Å². The average Bonchev–Trinajstić information content (AvgIpc) is 2.82. The van der Waals surface area contributed by atoms with Gasteiger partial charge < -0.3 is 21.3 Å². The Morgan fingerprint density at radius 1 is 0.500 bits per heavy atom. The van der Waals surface area contributed by atoms with Crippen LogP contribution in [0.25, 0.3) is 0 Å². The lowest BCUT2D eigenvalue weighted by molar-refractivity contribution is -0.132. The molecule has 0 aromatic rings. The molecule has 0 unspecified atom stereocenters. The lowest BCUT2D eigenvalue weighted by Gasteiger charge is -2.27. The van der Waals surface area contributed by atoms with Gasteiger partial charge in [0.2, 0.25) is 23.6 Å². The Kier molecular flexibility index (Phi) is 9.81. The van der Waals surface area contributed by atoms with Gasteiger partial charge in [0.05, 0.1) is 13.1 Å². The molecule has 0 heterocycles. The second-order valence-electron chi connectivity index (χ2n) is 9.79. The van der Waals surface area contributed by atoms with E-state index in [-0.39, 0.29) is 60.6 Å². The summed E-state index contributed by atoms with van der Waals surface area (Å²) >= 11 is 0. The van der Waals surface area contributed by atoms with Gasteiger partial charge in [0.25, 0.3) is 0 Å². The molecule has 0 radical (unpaired) electrons. The Morgan fingerprint density at radius 2 is 0.844 bits per heavy atom. The van der Waals surface area contributed by atoms with Gasteiger partial charge >= 0.3 is 0 Å². The predicted octanol–water partition coefficient (Wildman–Crippen LogP) is 1.92. The molecule has 32 heavy (non-hydrogen) atoms. The van der Waals surface area contributed by atoms with Gasteiger partial charge in [-0.2, -0.15) is 0 Å². The van der Waals surface area contributed by atoms with E-state index in [0.29, 0.717) is 25.7 Å². The molecule has 3 saturated carbocycles. The molecule has 3 aliphatic rings. The quantitative estimate of drug-likeness (QED) is 0.454. The van der Waals surface area contributed by atoms with Gasteiger partial charge in [-0.15, -0.1) is 0 Å². The van der Waals surface area contributed by atoms with E-state index in [1.54, 1.807) is 0 Å². The highest BCUT2D eigenvalue weighted by Crippen LogP contribution is 2.29. The van der Waals surface area contributed by atoms with Gasteiger partial charge in [0.15, 0.2) is 0 Å². The van der Waals surface area contributed by atoms with E-state index >= 15 is 0 Å². The molecule has 3 fully saturated rings. The smallest absolute Gasteiger partial charge is 0.239 e. The molecule has 0 aliphatic heterocycles. The third-order valence-corrected chi connectivity index (χ3v) is 7.26. The molecule has 8 nitrogen and oxygen atoms in total. The molecule has 0 saturated heterocycles. The first-order chi connectivity index (χ1) is 15.5. The van der Waals surface area contributed by atoms with Gasteiger partial charge in [-0.25, -0.2) is 0 Å². The van der Waals surface area contributed by atoms with Crippen LogP contribution in [0.4, 0.5) is 0 Å². The van der Waals surface area contributed by atoms with Gasteiger partial charge in [-0.05, 0) is 51.4 Å². The van der Waals surface area contributed by atoms with Crippen molar-refractivity contribution >= 4 is 23.6 Å². The van der Waals surface area contributed by atoms with E-state index in [1.807, 2.05) is 0 Å². The van der Waals surface area contributed by atoms with Crippen LogP contribution in [0.15, 0.2) is 0 Å². The standard InChI is InChI=1S/C24H40N4O4/c29-21(27-19-7-3-1-4-8-19)15-25-23(31)17-11-13-18(14-12-17)24(32)26-16-22(30)28-20-9-5-2-6-10-20/h17-20H,1-16H2,(H,25,31)(H,26,32)(H,27,29)(H,28,30). The first-order valence-electron chi connectivity index (χ1n) is 12.7. The van der Waals surface area contributed by atoms with Crippen molar-refractivity contribution in [1.29, 1.82) is 0 Å². The summed E-state index contributed by atoms with van der Waals surface area (Å²) in [6, 6.07) is 0.485. The van der Waals surface area contributed by atoms with Crippen molar-refractivity contribution in [3.05, 3.63) is 0 Å². The molecule has 3 rings (SSSR count). The lowest BCUT2D eigenvalue weighted by atomic mass is 9.81. The third-order valence-electron chi connectivity index (χ3n) is 7.26. The van der Waals surface area contributed by atoms with E-state index in [1.165, 1.54) is 12.8 Å². The molecule has 0 bridgehead atoms. The molecule has 180 valence electrons. The van der Waals surface area contributed by atoms with Gasteiger partial charge in [-0.3, -0.25) is 19.2 Å². The van der Waals surface area contributed by atoms with Crippen LogP contribution in [0, 0.1) is 11.8 Å². The van der Waals surface area contributed by atoms with Crippen LogP contribution in [0.2, 0.25) is 0 Å². The van der Waals surface area contributed by atoms with E-state index in [0.717, 1.165) is 51.4 Å². The van der Waals surface area contributed by atoms with Crippen molar-refractivity contribution in [2.24, 2.45) is 11.8 Å². The molecule has 4 amide bonds. The zero-order chi connectivity index (χ0) is 22.8. The Bertz CT molecular complexity index is 592. The average molecular weight is 449 g/mol. The SMILES string of the molecule is O=C(CNC(=O)C1CCC(C(=O)NCC(=O)NC2CCCCC2)CC1)NC1CCCCC1. The van der Waals surface area contributed by atoms with Gasteiger partial charge in [-0.1, -0.05) is 38.5 Å². The minimum absolute atomic E-state index is 0.0197. The Labute approximate surface area is 191 Å². The van der Waals surface area contributed by atoms with Gasteiger partial charge in [0.1, 0.15) is 0 Å². The summed E-state index contributed by atoms with van der Waals surface area (Å²) in [4.78, 5) is 49.0. The maximum absolute atomic E-state index is 12.4. The summed E-state index contributed by atoms with van der Waals surface area (Å²) < 4.78 is 0. The first kappa shape index (κ1) is 24.5. The van der Waals surface area contributed by atoms with Crippen LogP contribution in [-0.4, -0.2) is 48.8 Å². The summed E-state index contributed by atoms with van der Waals surface area (Å²) in [6.07, 6.45) is 13.7. The summed E-state index contributed by atoms with van der Waals surface area (Å²) in [6.45, 7) is 0.0394. The van der Waals surface area contributed by atoms with Crippen molar-refractivity contribution in [3.8, 4) is 0 Å². The summed E-state index contributed by atoms with van der Waals surface area (Å²) in [5, 5.41) is 11.5. The van der Waals surface area contributed by atoms with Crippen molar-refractivity contribution in [3.63, 3.8) is 0 Å². The maximum atomic E-state index is 12.4. The first-order valence-corrected chi connectivity index (χ1v) is 12.7. The minimum atomic E-state index is -0.156. The van der Waals surface area contributed by atoms with Crippen LogP contribution >= 0.6 is 0 Å². The fraction of sp³-hybridized carbons (Fsp3) is 0.833. The third kappa shape index (κ3) is 8.10. The van der Waals surface area contributed by atoms with Crippen LogP contribution in [0.3, 0.4) is 0 Å². The zero-order valence-corrected chi connectivity index (χ0v) is 19.3. The van der Waals surface area contributed by atoms with E-state index in [9.17, 15) is 19.2 Å². The number of hydrogen-bond acceptors (Lipinski definition) is 4. The van der Waals surface area contributed by atoms with Crippen molar-refractivity contribution in [1.82, 2.24) is 21.3 Å². The summed E-state index contributed by atoms with van der Waals surface area (Å²) in [5.74, 6) is -0.758. The molecule has 8 heteroatoms. The highest BCUT2D eigenvalue weighted by molar-refractivity contribution is 5.87. The Balaban J connectivity index is 1.28. The normalized spacial score (nSPS) is 24.9. The van der Waals surface area contributed by atoms with Crippen molar-refractivity contribution in [2.75, 3.05) is 13.1 Å². The monoisotopic (exact) mass is 448 g/mol. The zero-order valence-electron chi connectivity index (χ0n) is 19.3. The highest BCUT2D eigenvalue weighted by atomic mass is 16.2. The van der Waals surface area contributed by atoms with Crippen LogP contribution in [0.5, 0.6) is 0 Å². The van der Waals surface area contributed by atoms with Gasteiger partial charge in [0, 0.05) is 23.9 Å². The van der Waals surface area contributed by atoms with Crippen molar-refractivity contribution < 1.29 is 19.2 Å². The second kappa shape index (κ2) is 12.8. The number of carbonyl (C=O) groups is 4. The Hall–Kier alpha value is -2.12. The van der Waals surface area contributed by atoms with E-state index < -0.39 is 0 Å². The van der Waals surface area contributed by atoms with E-state index in [4.69, 9.17) is 0 Å². The molecule has 4 N–H and O–H groups in total. The summed E-state index contributed by atoms with van der Waals surface area (Å²) in [7, 11) is 0. The molecule has 0 aromatic carbocycles. The fourth-order valence-electron chi connectivity index (χ4n) is 5.29. The Morgan fingerprint density at radius 3 is 1.19 bits per heavy atom. The molecule has 0 atom stereocenters. The molecular formula is C24H40N4O4. The minimum Gasteiger partial charge on any atom is -0.352 e. The molecule has 0 spiro atoms. The number of carbonyl (C=O) groups excluding carboxylic acids is 4. The van der Waals surface area contributed by atoms with E-state index in [2.05, 4.69) is 21.3 Å². The number of amides is 4.